The molecule has 2 aromatic heterocycles. The van der Waals surface area contributed by atoms with Crippen LogP contribution in [0, 0.1) is 12.3 Å². The van der Waals surface area contributed by atoms with Crippen molar-refractivity contribution in [3.05, 3.63) is 74.6 Å². The third kappa shape index (κ3) is 2.93. The van der Waals surface area contributed by atoms with Crippen molar-refractivity contribution in [2.45, 2.75) is 25.8 Å². The molecule has 3 aromatic rings. The first-order valence-corrected chi connectivity index (χ1v) is 11.6. The van der Waals surface area contributed by atoms with Crippen LogP contribution in [-0.4, -0.2) is 30.4 Å². The summed E-state index contributed by atoms with van der Waals surface area (Å²) in [7, 11) is 0. The van der Waals surface area contributed by atoms with E-state index in [1.54, 1.807) is 11.3 Å². The van der Waals surface area contributed by atoms with Crippen molar-refractivity contribution in [2.24, 2.45) is 5.41 Å². The molecule has 0 bridgehead atoms. The van der Waals surface area contributed by atoms with Crippen LogP contribution in [0.1, 0.15) is 28.3 Å². The Morgan fingerprint density at radius 1 is 1.14 bits per heavy atom. The summed E-state index contributed by atoms with van der Waals surface area (Å²) >= 11 is 3.49. The molecule has 0 N–H and O–H groups in total. The van der Waals surface area contributed by atoms with Crippen LogP contribution in [0.2, 0.25) is 0 Å². The van der Waals surface area contributed by atoms with Gasteiger partial charge >= 0.3 is 0 Å². The van der Waals surface area contributed by atoms with Crippen molar-refractivity contribution >= 4 is 34.3 Å². The Labute approximate surface area is 174 Å². The highest BCUT2D eigenvalue weighted by Crippen LogP contribution is 2.51. The van der Waals surface area contributed by atoms with Crippen LogP contribution in [0.15, 0.2) is 58.6 Å². The van der Waals surface area contributed by atoms with E-state index in [1.807, 2.05) is 16.2 Å². The van der Waals surface area contributed by atoms with E-state index in [1.165, 1.54) is 16.0 Å². The molecule has 5 rings (SSSR count). The van der Waals surface area contributed by atoms with Gasteiger partial charge in [0.2, 0.25) is 5.91 Å². The summed E-state index contributed by atoms with van der Waals surface area (Å²) in [6.45, 7) is 5.75. The Balaban J connectivity index is 1.49. The highest BCUT2D eigenvalue weighted by atomic mass is 32.1. The van der Waals surface area contributed by atoms with Gasteiger partial charge in [-0.3, -0.25) is 9.69 Å². The zero-order valence-corrected chi connectivity index (χ0v) is 17.6. The summed E-state index contributed by atoms with van der Waals surface area (Å²) in [5.41, 5.74) is 3.41. The summed E-state index contributed by atoms with van der Waals surface area (Å²) < 4.78 is 0. The molecule has 3 nitrogen and oxygen atoms in total. The first-order chi connectivity index (χ1) is 13.7. The molecule has 0 unspecified atom stereocenters. The van der Waals surface area contributed by atoms with Crippen LogP contribution >= 0.6 is 22.7 Å². The number of thiophene rings is 2. The number of anilines is 1. The zero-order chi connectivity index (χ0) is 19.1. The summed E-state index contributed by atoms with van der Waals surface area (Å²) in [6.07, 6.45) is 0.932. The standard InChI is InChI=1S/C23H24N2OS2/c1-17-7-12-28-21(17)14-24-13-20(18-5-3-2-4-6-18)23(16-24)9-10-25(22(23)26)19-8-11-27-15-19/h2-8,11-12,15,20H,9-10,13-14,16H2,1H3/t20-,23+/m0/s1. The van der Waals surface area contributed by atoms with Gasteiger partial charge < -0.3 is 4.90 Å². The fourth-order valence-corrected chi connectivity index (χ4v) is 6.51. The maximum atomic E-state index is 13.7. The van der Waals surface area contributed by atoms with Gasteiger partial charge in [-0.2, -0.15) is 11.3 Å². The molecule has 2 saturated heterocycles. The van der Waals surface area contributed by atoms with E-state index in [2.05, 4.69) is 70.4 Å². The SMILES string of the molecule is Cc1ccsc1CN1C[C@@H](c2ccccc2)[C@@]2(CCN(c3ccsc3)C2=O)C1. The topological polar surface area (TPSA) is 23.6 Å². The van der Waals surface area contributed by atoms with Crippen molar-refractivity contribution in [1.29, 1.82) is 0 Å². The molecule has 1 spiro atoms. The third-order valence-corrected chi connectivity index (χ3v) is 8.10. The smallest absolute Gasteiger partial charge is 0.235 e. The quantitative estimate of drug-likeness (QED) is 0.597. The van der Waals surface area contributed by atoms with Gasteiger partial charge in [-0.1, -0.05) is 30.3 Å². The maximum absolute atomic E-state index is 13.7. The number of rotatable bonds is 4. The van der Waals surface area contributed by atoms with E-state index in [9.17, 15) is 4.79 Å². The van der Waals surface area contributed by atoms with E-state index < -0.39 is 0 Å². The average molecular weight is 409 g/mol. The van der Waals surface area contributed by atoms with Crippen molar-refractivity contribution in [2.75, 3.05) is 24.5 Å². The molecule has 2 aliphatic rings. The van der Waals surface area contributed by atoms with Gasteiger partial charge in [-0.05, 0) is 47.4 Å². The predicted molar refractivity (Wildman–Crippen MR) is 117 cm³/mol. The van der Waals surface area contributed by atoms with Crippen molar-refractivity contribution < 1.29 is 4.79 Å². The normalized spacial score (nSPS) is 25.2. The summed E-state index contributed by atoms with van der Waals surface area (Å²) in [6, 6.07) is 14.9. The van der Waals surface area contributed by atoms with Gasteiger partial charge in [-0.15, -0.1) is 11.3 Å². The Bertz CT molecular complexity index is 966. The van der Waals surface area contributed by atoms with Gasteiger partial charge in [-0.25, -0.2) is 0 Å². The largest absolute Gasteiger partial charge is 0.311 e. The maximum Gasteiger partial charge on any atom is 0.235 e. The van der Waals surface area contributed by atoms with Crippen molar-refractivity contribution in [1.82, 2.24) is 4.90 Å². The molecule has 28 heavy (non-hydrogen) atoms. The third-order valence-electron chi connectivity index (χ3n) is 6.42. The number of carbonyl (C=O) groups is 1. The van der Waals surface area contributed by atoms with Crippen LogP contribution in [0.5, 0.6) is 0 Å². The van der Waals surface area contributed by atoms with E-state index in [-0.39, 0.29) is 11.3 Å². The minimum Gasteiger partial charge on any atom is -0.311 e. The minimum atomic E-state index is -0.311. The number of likely N-dealkylation sites (tertiary alicyclic amines) is 1. The molecule has 4 heterocycles. The molecule has 2 fully saturated rings. The molecule has 144 valence electrons. The highest BCUT2D eigenvalue weighted by molar-refractivity contribution is 7.10. The lowest BCUT2D eigenvalue weighted by molar-refractivity contribution is -0.125. The molecule has 2 aliphatic heterocycles. The number of nitrogens with zero attached hydrogens (tertiary/aromatic N) is 2. The number of benzene rings is 1. The molecule has 1 aromatic carbocycles. The minimum absolute atomic E-state index is 0.255. The Morgan fingerprint density at radius 3 is 2.71 bits per heavy atom. The highest BCUT2D eigenvalue weighted by Gasteiger charge is 2.57. The molecule has 0 saturated carbocycles. The zero-order valence-electron chi connectivity index (χ0n) is 16.0. The lowest BCUT2D eigenvalue weighted by atomic mass is 9.73. The molecule has 0 radical (unpaired) electrons. The second-order valence-corrected chi connectivity index (χ2v) is 9.78. The number of amides is 1. The first-order valence-electron chi connectivity index (χ1n) is 9.82. The van der Waals surface area contributed by atoms with Crippen LogP contribution in [0.4, 0.5) is 5.69 Å². The molecule has 0 aliphatic carbocycles. The second kappa shape index (κ2) is 7.14. The Hall–Kier alpha value is -1.95. The fourth-order valence-electron chi connectivity index (χ4n) is 4.92. The van der Waals surface area contributed by atoms with Gasteiger partial charge in [0.15, 0.2) is 0 Å². The Kier molecular flexibility index (Phi) is 4.62. The summed E-state index contributed by atoms with van der Waals surface area (Å²) in [5, 5.41) is 6.32. The average Bonchev–Trinajstić information content (AvgIpc) is 3.48. The number of carbonyl (C=O) groups excluding carboxylic acids is 1. The van der Waals surface area contributed by atoms with Crippen LogP contribution in [0.25, 0.3) is 0 Å². The van der Waals surface area contributed by atoms with Crippen LogP contribution in [-0.2, 0) is 11.3 Å². The van der Waals surface area contributed by atoms with E-state index >= 15 is 0 Å². The monoisotopic (exact) mass is 408 g/mol. The number of hydrogen-bond acceptors (Lipinski definition) is 4. The predicted octanol–water partition coefficient (Wildman–Crippen LogP) is 5.14. The lowest BCUT2D eigenvalue weighted by Crippen LogP contribution is -2.39. The number of aryl methyl sites for hydroxylation is 1. The van der Waals surface area contributed by atoms with Crippen LogP contribution < -0.4 is 4.90 Å². The van der Waals surface area contributed by atoms with E-state index in [0.29, 0.717) is 5.91 Å². The van der Waals surface area contributed by atoms with E-state index in [4.69, 9.17) is 0 Å². The molecular formula is C23H24N2OS2. The lowest BCUT2D eigenvalue weighted by Gasteiger charge is -2.29. The summed E-state index contributed by atoms with van der Waals surface area (Å²) in [5.74, 6) is 0.565. The molecule has 1 amide bonds. The van der Waals surface area contributed by atoms with Gasteiger partial charge in [0.1, 0.15) is 0 Å². The molecular weight excluding hydrogens is 384 g/mol. The van der Waals surface area contributed by atoms with E-state index in [0.717, 1.165) is 38.3 Å². The first kappa shape index (κ1) is 18.1. The number of hydrogen-bond donors (Lipinski definition) is 0. The molecule has 2 atom stereocenters. The van der Waals surface area contributed by atoms with Crippen molar-refractivity contribution in [3.8, 4) is 0 Å². The summed E-state index contributed by atoms with van der Waals surface area (Å²) in [4.78, 5) is 19.7. The second-order valence-electron chi connectivity index (χ2n) is 8.00. The Morgan fingerprint density at radius 2 is 2.00 bits per heavy atom. The van der Waals surface area contributed by atoms with Crippen molar-refractivity contribution in [3.63, 3.8) is 0 Å². The molecule has 5 heteroatoms. The van der Waals surface area contributed by atoms with Gasteiger partial charge in [0.25, 0.3) is 0 Å². The van der Waals surface area contributed by atoms with Crippen LogP contribution in [0.3, 0.4) is 0 Å². The fraction of sp³-hybridized carbons (Fsp3) is 0.348. The van der Waals surface area contributed by atoms with Gasteiger partial charge in [0, 0.05) is 42.4 Å². The van der Waals surface area contributed by atoms with Gasteiger partial charge in [0.05, 0.1) is 11.1 Å².